The van der Waals surface area contributed by atoms with Gasteiger partial charge in [-0.1, -0.05) is 20.3 Å². The van der Waals surface area contributed by atoms with E-state index in [1.54, 1.807) is 0 Å². The highest BCUT2D eigenvalue weighted by Crippen LogP contribution is 2.35. The predicted molar refractivity (Wildman–Crippen MR) is 72.9 cm³/mol. The van der Waals surface area contributed by atoms with E-state index in [9.17, 15) is 0 Å². The lowest BCUT2D eigenvalue weighted by Crippen LogP contribution is -2.48. The van der Waals surface area contributed by atoms with Crippen molar-refractivity contribution in [2.75, 3.05) is 25.4 Å². The molecule has 1 unspecified atom stereocenters. The van der Waals surface area contributed by atoms with E-state index in [2.05, 4.69) is 30.5 Å². The summed E-state index contributed by atoms with van der Waals surface area (Å²) in [5, 5.41) is 0. The van der Waals surface area contributed by atoms with E-state index in [0.29, 0.717) is 10.8 Å². The van der Waals surface area contributed by atoms with Gasteiger partial charge in [0.05, 0.1) is 0 Å². The van der Waals surface area contributed by atoms with Crippen molar-refractivity contribution in [1.29, 1.82) is 0 Å². The number of hydrogen-bond donors (Lipinski definition) is 1. The molecule has 16 heavy (non-hydrogen) atoms. The summed E-state index contributed by atoms with van der Waals surface area (Å²) >= 11 is 2.13. The normalized spacial score (nSPS) is 29.4. The molecule has 0 amide bonds. The number of hydrogen-bond acceptors (Lipinski definition) is 3. The fourth-order valence-corrected chi connectivity index (χ4v) is 3.95. The summed E-state index contributed by atoms with van der Waals surface area (Å²) in [7, 11) is 0. The second kappa shape index (κ2) is 5.28. The van der Waals surface area contributed by atoms with Crippen LogP contribution < -0.4 is 5.73 Å². The lowest BCUT2D eigenvalue weighted by atomic mass is 9.79. The molecule has 0 aromatic carbocycles. The summed E-state index contributed by atoms with van der Waals surface area (Å²) in [6, 6.07) is 0.670. The molecule has 0 aromatic rings. The minimum absolute atomic E-state index is 0.466. The Labute approximate surface area is 104 Å². The van der Waals surface area contributed by atoms with E-state index >= 15 is 0 Å². The molecule has 1 saturated heterocycles. The zero-order valence-corrected chi connectivity index (χ0v) is 11.6. The molecule has 3 heteroatoms. The van der Waals surface area contributed by atoms with Crippen LogP contribution in [-0.4, -0.2) is 41.1 Å². The average Bonchev–Trinajstić information content (AvgIpc) is 2.33. The second-order valence-electron chi connectivity index (χ2n) is 5.89. The van der Waals surface area contributed by atoms with E-state index in [0.717, 1.165) is 12.5 Å². The minimum atomic E-state index is 0.466. The van der Waals surface area contributed by atoms with Crippen molar-refractivity contribution in [2.24, 2.45) is 11.7 Å². The monoisotopic (exact) mass is 242 g/mol. The maximum Gasteiger partial charge on any atom is 0.0246 e. The Bertz CT molecular complexity index is 226. The van der Waals surface area contributed by atoms with E-state index in [1.165, 1.54) is 44.5 Å². The van der Waals surface area contributed by atoms with Crippen LogP contribution in [0.3, 0.4) is 0 Å². The third-order valence-electron chi connectivity index (χ3n) is 4.28. The maximum absolute atomic E-state index is 5.98. The van der Waals surface area contributed by atoms with Gasteiger partial charge in [-0.2, -0.15) is 11.8 Å². The molecular formula is C13H26N2S. The molecule has 1 aliphatic carbocycles. The zero-order valence-electron chi connectivity index (χ0n) is 10.7. The van der Waals surface area contributed by atoms with Crippen molar-refractivity contribution in [3.8, 4) is 0 Å². The van der Waals surface area contributed by atoms with Gasteiger partial charge in [0.25, 0.3) is 0 Å². The molecule has 0 radical (unpaired) electrons. The lowest BCUT2D eigenvalue weighted by molar-refractivity contribution is 0.105. The van der Waals surface area contributed by atoms with Crippen LogP contribution in [0.1, 0.15) is 39.5 Å². The maximum atomic E-state index is 5.98. The van der Waals surface area contributed by atoms with Crippen LogP contribution in [0.15, 0.2) is 0 Å². The third kappa shape index (κ3) is 2.93. The van der Waals surface area contributed by atoms with E-state index < -0.39 is 0 Å². The predicted octanol–water partition coefficient (Wildman–Crippen LogP) is 2.33. The molecule has 0 spiro atoms. The molecule has 94 valence electrons. The minimum Gasteiger partial charge on any atom is -0.329 e. The van der Waals surface area contributed by atoms with Crippen LogP contribution in [-0.2, 0) is 0 Å². The van der Waals surface area contributed by atoms with Crippen molar-refractivity contribution in [1.82, 2.24) is 4.90 Å². The molecule has 2 nitrogen and oxygen atoms in total. The van der Waals surface area contributed by atoms with Crippen LogP contribution in [0.2, 0.25) is 0 Å². The smallest absolute Gasteiger partial charge is 0.0246 e. The SMILES string of the molecule is CC1(C)CCN(C(CN)C2CCC2)CCS1. The summed E-state index contributed by atoms with van der Waals surface area (Å²) in [5.74, 6) is 2.17. The molecule has 1 heterocycles. The Morgan fingerprint density at radius 1 is 1.38 bits per heavy atom. The Balaban J connectivity index is 1.92. The second-order valence-corrected chi connectivity index (χ2v) is 7.69. The highest BCUT2D eigenvalue weighted by molar-refractivity contribution is 8.00. The third-order valence-corrected chi connectivity index (χ3v) is 5.65. The van der Waals surface area contributed by atoms with Gasteiger partial charge >= 0.3 is 0 Å². The number of nitrogens with zero attached hydrogens (tertiary/aromatic N) is 1. The lowest BCUT2D eigenvalue weighted by Gasteiger charge is -2.40. The van der Waals surface area contributed by atoms with Gasteiger partial charge < -0.3 is 5.73 Å². The first kappa shape index (κ1) is 12.7. The van der Waals surface area contributed by atoms with Gasteiger partial charge in [-0.05, 0) is 31.7 Å². The fourth-order valence-electron chi connectivity index (χ4n) is 2.83. The molecule has 1 aliphatic heterocycles. The fraction of sp³-hybridized carbons (Fsp3) is 1.00. The Kier molecular flexibility index (Phi) is 4.20. The van der Waals surface area contributed by atoms with Crippen molar-refractivity contribution >= 4 is 11.8 Å². The molecule has 2 N–H and O–H groups in total. The van der Waals surface area contributed by atoms with Crippen LogP contribution in [0.25, 0.3) is 0 Å². The van der Waals surface area contributed by atoms with Crippen LogP contribution in [0.4, 0.5) is 0 Å². The molecular weight excluding hydrogens is 216 g/mol. The van der Waals surface area contributed by atoms with Gasteiger partial charge in [0.15, 0.2) is 0 Å². The summed E-state index contributed by atoms with van der Waals surface area (Å²) in [4.78, 5) is 2.67. The topological polar surface area (TPSA) is 29.3 Å². The molecule has 1 saturated carbocycles. The van der Waals surface area contributed by atoms with Gasteiger partial charge in [-0.15, -0.1) is 0 Å². The first-order valence-corrected chi connectivity index (χ1v) is 7.69. The van der Waals surface area contributed by atoms with Gasteiger partial charge in [-0.3, -0.25) is 4.90 Å². The first-order chi connectivity index (χ1) is 7.62. The Morgan fingerprint density at radius 3 is 2.69 bits per heavy atom. The molecule has 2 aliphatic rings. The van der Waals surface area contributed by atoms with Crippen LogP contribution in [0.5, 0.6) is 0 Å². The number of thioether (sulfide) groups is 1. The summed E-state index contributed by atoms with van der Waals surface area (Å²) in [6.45, 7) is 8.10. The summed E-state index contributed by atoms with van der Waals surface area (Å²) in [5.41, 5.74) is 5.98. The van der Waals surface area contributed by atoms with Crippen molar-refractivity contribution < 1.29 is 0 Å². The molecule has 0 bridgehead atoms. The van der Waals surface area contributed by atoms with Crippen LogP contribution >= 0.6 is 11.8 Å². The molecule has 0 aromatic heterocycles. The van der Waals surface area contributed by atoms with Crippen molar-refractivity contribution in [3.05, 3.63) is 0 Å². The average molecular weight is 242 g/mol. The van der Waals surface area contributed by atoms with E-state index in [1.807, 2.05) is 0 Å². The quantitative estimate of drug-likeness (QED) is 0.823. The van der Waals surface area contributed by atoms with E-state index in [4.69, 9.17) is 5.73 Å². The highest BCUT2D eigenvalue weighted by Gasteiger charge is 2.33. The Morgan fingerprint density at radius 2 is 2.12 bits per heavy atom. The zero-order chi connectivity index (χ0) is 11.6. The van der Waals surface area contributed by atoms with Crippen molar-refractivity contribution in [2.45, 2.75) is 50.3 Å². The Hall–Kier alpha value is 0.270. The van der Waals surface area contributed by atoms with Gasteiger partial charge in [0.1, 0.15) is 0 Å². The molecule has 2 fully saturated rings. The van der Waals surface area contributed by atoms with Gasteiger partial charge in [0, 0.05) is 29.6 Å². The highest BCUT2D eigenvalue weighted by atomic mass is 32.2. The number of nitrogens with two attached hydrogens (primary N) is 1. The van der Waals surface area contributed by atoms with E-state index in [-0.39, 0.29) is 0 Å². The van der Waals surface area contributed by atoms with Gasteiger partial charge in [0.2, 0.25) is 0 Å². The van der Waals surface area contributed by atoms with Crippen LogP contribution in [0, 0.1) is 5.92 Å². The summed E-state index contributed by atoms with van der Waals surface area (Å²) in [6.07, 6.45) is 5.56. The van der Waals surface area contributed by atoms with Crippen molar-refractivity contribution in [3.63, 3.8) is 0 Å². The summed E-state index contributed by atoms with van der Waals surface area (Å²) < 4.78 is 0.466. The standard InChI is InChI=1S/C13H26N2S/c1-13(2)6-7-15(8-9-16-13)12(10-14)11-4-3-5-11/h11-12H,3-10,14H2,1-2H3. The molecule has 2 rings (SSSR count). The largest absolute Gasteiger partial charge is 0.329 e. The number of rotatable bonds is 3. The first-order valence-electron chi connectivity index (χ1n) is 6.70. The van der Waals surface area contributed by atoms with Gasteiger partial charge in [-0.25, -0.2) is 0 Å². The molecule has 1 atom stereocenters.